The van der Waals surface area contributed by atoms with Crippen molar-refractivity contribution in [3.05, 3.63) is 71.5 Å². The highest BCUT2D eigenvalue weighted by Gasteiger charge is 2.35. The van der Waals surface area contributed by atoms with Crippen LogP contribution in [-0.4, -0.2) is 35.6 Å². The highest BCUT2D eigenvalue weighted by molar-refractivity contribution is 6.19. The lowest BCUT2D eigenvalue weighted by Gasteiger charge is -2.18. The maximum Gasteiger partial charge on any atom is 0.260 e. The molecule has 2 aromatic carbocycles. The van der Waals surface area contributed by atoms with Gasteiger partial charge in [-0.15, -0.1) is 0 Å². The zero-order valence-electron chi connectivity index (χ0n) is 16.9. The zero-order chi connectivity index (χ0) is 20.7. The maximum absolute atomic E-state index is 13.2. The molecule has 5 rings (SSSR count). The van der Waals surface area contributed by atoms with E-state index in [1.54, 1.807) is 13.3 Å². The van der Waals surface area contributed by atoms with Gasteiger partial charge >= 0.3 is 0 Å². The third-order valence-corrected chi connectivity index (χ3v) is 5.54. The number of hydrogen-bond acceptors (Lipinski definition) is 5. The fourth-order valence-corrected chi connectivity index (χ4v) is 3.93. The van der Waals surface area contributed by atoms with Crippen molar-refractivity contribution in [3.8, 4) is 11.1 Å². The third-order valence-electron chi connectivity index (χ3n) is 5.54. The Kier molecular flexibility index (Phi) is 4.47. The van der Waals surface area contributed by atoms with E-state index in [9.17, 15) is 4.79 Å². The molecule has 2 aliphatic rings. The molecule has 6 nitrogen and oxygen atoms in total. The van der Waals surface area contributed by atoms with Crippen LogP contribution < -0.4 is 5.32 Å². The van der Waals surface area contributed by atoms with Gasteiger partial charge in [-0.1, -0.05) is 49.4 Å². The smallest absolute Gasteiger partial charge is 0.260 e. The summed E-state index contributed by atoms with van der Waals surface area (Å²) in [6.45, 7) is 4.68. The van der Waals surface area contributed by atoms with Crippen LogP contribution in [0.2, 0.25) is 0 Å². The summed E-state index contributed by atoms with van der Waals surface area (Å²) in [5.74, 6) is 1.54. The number of rotatable bonds is 4. The van der Waals surface area contributed by atoms with Gasteiger partial charge in [0, 0.05) is 12.2 Å². The van der Waals surface area contributed by atoms with Crippen LogP contribution >= 0.6 is 0 Å². The van der Waals surface area contributed by atoms with E-state index in [1.807, 2.05) is 47.4 Å². The molecule has 0 unspecified atom stereocenters. The lowest BCUT2D eigenvalue weighted by molar-refractivity contribution is 0.102. The molecular weight excluding hydrogens is 376 g/mol. The normalized spacial score (nSPS) is 16.8. The molecule has 1 atom stereocenters. The van der Waals surface area contributed by atoms with E-state index in [0.29, 0.717) is 22.8 Å². The van der Waals surface area contributed by atoms with Gasteiger partial charge in [-0.25, -0.2) is 4.99 Å². The SMILES string of the molecule is CC[C@H]1CN2C=Nc3oc(C)c(C(=O)Nc4ccc(-c5ccccc5)cc4)c3C2=N1. The number of nitrogens with zero attached hydrogens (tertiary/aromatic N) is 3. The van der Waals surface area contributed by atoms with Crippen LogP contribution in [0.1, 0.15) is 35.0 Å². The number of nitrogens with one attached hydrogen (secondary N) is 1. The van der Waals surface area contributed by atoms with Crippen LogP contribution in [-0.2, 0) is 0 Å². The molecule has 30 heavy (non-hydrogen) atoms. The van der Waals surface area contributed by atoms with Gasteiger partial charge < -0.3 is 14.6 Å². The number of carbonyl (C=O) groups excluding carboxylic acids is 1. The van der Waals surface area contributed by atoms with E-state index in [1.165, 1.54) is 0 Å². The predicted molar refractivity (Wildman–Crippen MR) is 119 cm³/mol. The Bertz CT molecular complexity index is 1160. The minimum atomic E-state index is -0.218. The summed E-state index contributed by atoms with van der Waals surface area (Å²) in [5, 5.41) is 2.99. The van der Waals surface area contributed by atoms with Crippen LogP contribution in [0.25, 0.3) is 11.1 Å². The number of furan rings is 1. The summed E-state index contributed by atoms with van der Waals surface area (Å²) < 4.78 is 5.78. The molecule has 150 valence electrons. The fraction of sp³-hybridized carbons (Fsp3) is 0.208. The van der Waals surface area contributed by atoms with Gasteiger partial charge in [0.1, 0.15) is 17.9 Å². The van der Waals surface area contributed by atoms with Gasteiger partial charge in [0.15, 0.2) is 0 Å². The number of amidine groups is 1. The van der Waals surface area contributed by atoms with Crippen molar-refractivity contribution in [3.63, 3.8) is 0 Å². The molecule has 0 saturated carbocycles. The Hall–Kier alpha value is -3.67. The molecule has 3 aromatic rings. The molecule has 1 amide bonds. The summed E-state index contributed by atoms with van der Waals surface area (Å²) in [4.78, 5) is 24.3. The highest BCUT2D eigenvalue weighted by atomic mass is 16.4. The molecular formula is C24H22N4O2. The maximum atomic E-state index is 13.2. The Morgan fingerprint density at radius 3 is 2.60 bits per heavy atom. The van der Waals surface area contributed by atoms with E-state index in [0.717, 1.165) is 35.6 Å². The van der Waals surface area contributed by atoms with E-state index in [4.69, 9.17) is 9.41 Å². The summed E-state index contributed by atoms with van der Waals surface area (Å²) in [6, 6.07) is 18.2. The number of amides is 1. The number of aryl methyl sites for hydroxylation is 1. The van der Waals surface area contributed by atoms with Crippen LogP contribution in [0.15, 0.2) is 69.0 Å². The summed E-state index contributed by atoms with van der Waals surface area (Å²) in [7, 11) is 0. The number of anilines is 1. The molecule has 1 aromatic heterocycles. The molecule has 6 heteroatoms. The van der Waals surface area contributed by atoms with Crippen molar-refractivity contribution < 1.29 is 9.21 Å². The molecule has 2 aliphatic heterocycles. The third kappa shape index (κ3) is 3.10. The highest BCUT2D eigenvalue weighted by Crippen LogP contribution is 2.36. The Balaban J connectivity index is 1.43. The van der Waals surface area contributed by atoms with Gasteiger partial charge in [-0.3, -0.25) is 9.79 Å². The second-order valence-corrected chi connectivity index (χ2v) is 7.52. The molecule has 0 spiro atoms. The molecule has 0 saturated heterocycles. The quantitative estimate of drug-likeness (QED) is 0.671. The second-order valence-electron chi connectivity index (χ2n) is 7.52. The minimum Gasteiger partial charge on any atom is -0.442 e. The van der Waals surface area contributed by atoms with Crippen molar-refractivity contribution >= 4 is 29.7 Å². The molecule has 0 fully saturated rings. The Labute approximate surface area is 175 Å². The number of benzene rings is 2. The lowest BCUT2D eigenvalue weighted by Crippen LogP contribution is -2.31. The van der Waals surface area contributed by atoms with Gasteiger partial charge in [0.25, 0.3) is 5.91 Å². The van der Waals surface area contributed by atoms with E-state index in [2.05, 4.69) is 29.4 Å². The van der Waals surface area contributed by atoms with Crippen LogP contribution in [0, 0.1) is 6.92 Å². The molecule has 1 N–H and O–H groups in total. The fourth-order valence-electron chi connectivity index (χ4n) is 3.93. The molecule has 0 aliphatic carbocycles. The summed E-state index contributed by atoms with van der Waals surface area (Å²) in [6.07, 6.45) is 2.68. The number of aliphatic imine (C=N–C) groups is 2. The van der Waals surface area contributed by atoms with E-state index >= 15 is 0 Å². The Morgan fingerprint density at radius 2 is 1.87 bits per heavy atom. The Morgan fingerprint density at radius 1 is 1.13 bits per heavy atom. The average molecular weight is 398 g/mol. The summed E-state index contributed by atoms with van der Waals surface area (Å²) in [5.41, 5.74) is 4.14. The topological polar surface area (TPSA) is 70.2 Å². The first-order chi connectivity index (χ1) is 14.6. The van der Waals surface area contributed by atoms with Gasteiger partial charge in [0.2, 0.25) is 5.88 Å². The molecule has 0 bridgehead atoms. The van der Waals surface area contributed by atoms with E-state index in [-0.39, 0.29) is 11.9 Å². The van der Waals surface area contributed by atoms with Crippen molar-refractivity contribution in [2.45, 2.75) is 26.3 Å². The van der Waals surface area contributed by atoms with Gasteiger partial charge in [-0.05, 0) is 36.6 Å². The van der Waals surface area contributed by atoms with Gasteiger partial charge in [-0.2, -0.15) is 0 Å². The van der Waals surface area contributed by atoms with Gasteiger partial charge in [0.05, 0.1) is 17.2 Å². The summed E-state index contributed by atoms with van der Waals surface area (Å²) >= 11 is 0. The lowest BCUT2D eigenvalue weighted by atomic mass is 10.0. The largest absolute Gasteiger partial charge is 0.442 e. The van der Waals surface area contributed by atoms with E-state index < -0.39 is 0 Å². The monoisotopic (exact) mass is 398 g/mol. The molecule has 0 radical (unpaired) electrons. The van der Waals surface area contributed by atoms with Crippen LogP contribution in [0.3, 0.4) is 0 Å². The number of hydrogen-bond donors (Lipinski definition) is 1. The van der Waals surface area contributed by atoms with Crippen molar-refractivity contribution in [2.75, 3.05) is 11.9 Å². The van der Waals surface area contributed by atoms with Crippen molar-refractivity contribution in [1.82, 2.24) is 4.90 Å². The van der Waals surface area contributed by atoms with Crippen molar-refractivity contribution in [1.29, 1.82) is 0 Å². The number of carbonyl (C=O) groups is 1. The first-order valence-corrected chi connectivity index (χ1v) is 10.1. The first-order valence-electron chi connectivity index (χ1n) is 10.1. The predicted octanol–water partition coefficient (Wildman–Crippen LogP) is 5.02. The standard InChI is InChI=1S/C24H22N4O2/c1-3-18-13-28-14-25-24-21(22(28)26-18)20(15(2)30-24)23(29)27-19-11-9-17(10-12-19)16-7-5-4-6-8-16/h4-12,14,18H,3,13H2,1-2H3,(H,27,29)/t18-/m0/s1. The first kappa shape index (κ1) is 18.4. The van der Waals surface area contributed by atoms with Crippen LogP contribution in [0.5, 0.6) is 0 Å². The van der Waals surface area contributed by atoms with Crippen LogP contribution in [0.4, 0.5) is 11.6 Å². The van der Waals surface area contributed by atoms with Crippen molar-refractivity contribution in [2.24, 2.45) is 9.98 Å². The molecule has 3 heterocycles. The second kappa shape index (κ2) is 7.30. The number of fused-ring (bicyclic) bond motifs is 3. The minimum absolute atomic E-state index is 0.203. The zero-order valence-corrected chi connectivity index (χ0v) is 16.9. The average Bonchev–Trinajstić information content (AvgIpc) is 3.34.